The monoisotopic (exact) mass is 231 g/mol. The largest absolute Gasteiger partial charge is 0.377 e. The number of nitrogens with one attached hydrogen (secondary N) is 1. The summed E-state index contributed by atoms with van der Waals surface area (Å²) >= 11 is 0. The highest BCUT2D eigenvalue weighted by Gasteiger charge is 2.36. The van der Waals surface area contributed by atoms with E-state index in [1.165, 1.54) is 24.8 Å². The standard InChI is InChI=1S/C15H21NO/c1-13(14-7-4-3-5-8-14)11-16-12-15(17-2)9-6-10-15/h3-5,7-8,16H,1,6,9-12H2,2H3. The minimum absolute atomic E-state index is 0.0942. The van der Waals surface area contributed by atoms with Gasteiger partial charge in [-0.25, -0.2) is 0 Å². The molecule has 1 saturated carbocycles. The molecule has 0 atom stereocenters. The Kier molecular flexibility index (Phi) is 3.97. The lowest BCUT2D eigenvalue weighted by Crippen LogP contribution is -2.48. The van der Waals surface area contributed by atoms with E-state index in [0.29, 0.717) is 0 Å². The van der Waals surface area contributed by atoms with E-state index >= 15 is 0 Å². The predicted octanol–water partition coefficient (Wildman–Crippen LogP) is 2.86. The van der Waals surface area contributed by atoms with Crippen LogP contribution in [0.15, 0.2) is 36.9 Å². The van der Waals surface area contributed by atoms with Gasteiger partial charge in [0.2, 0.25) is 0 Å². The van der Waals surface area contributed by atoms with Gasteiger partial charge in [0.25, 0.3) is 0 Å². The van der Waals surface area contributed by atoms with Crippen LogP contribution in [0.1, 0.15) is 24.8 Å². The van der Waals surface area contributed by atoms with Crippen molar-refractivity contribution in [1.82, 2.24) is 5.32 Å². The van der Waals surface area contributed by atoms with Crippen molar-refractivity contribution in [2.45, 2.75) is 24.9 Å². The van der Waals surface area contributed by atoms with Gasteiger partial charge in [-0.1, -0.05) is 36.9 Å². The molecule has 1 N–H and O–H groups in total. The van der Waals surface area contributed by atoms with E-state index in [-0.39, 0.29) is 5.60 Å². The highest BCUT2D eigenvalue weighted by Crippen LogP contribution is 2.34. The first-order chi connectivity index (χ1) is 8.26. The Bertz CT molecular complexity index is 362. The summed E-state index contributed by atoms with van der Waals surface area (Å²) in [4.78, 5) is 0. The first-order valence-electron chi connectivity index (χ1n) is 6.25. The van der Waals surface area contributed by atoms with E-state index in [9.17, 15) is 0 Å². The van der Waals surface area contributed by atoms with Crippen molar-refractivity contribution in [3.05, 3.63) is 42.5 Å². The van der Waals surface area contributed by atoms with Crippen LogP contribution >= 0.6 is 0 Å². The third kappa shape index (κ3) is 2.96. The maximum Gasteiger partial charge on any atom is 0.0802 e. The lowest BCUT2D eigenvalue weighted by molar-refractivity contribution is -0.0686. The molecule has 0 amide bonds. The van der Waals surface area contributed by atoms with Crippen LogP contribution < -0.4 is 5.32 Å². The van der Waals surface area contributed by atoms with Gasteiger partial charge in [-0.05, 0) is 30.4 Å². The summed E-state index contributed by atoms with van der Waals surface area (Å²) in [5.41, 5.74) is 2.44. The van der Waals surface area contributed by atoms with Gasteiger partial charge < -0.3 is 10.1 Å². The third-order valence-electron chi connectivity index (χ3n) is 3.67. The molecule has 1 fully saturated rings. The average molecular weight is 231 g/mol. The van der Waals surface area contributed by atoms with Crippen molar-refractivity contribution >= 4 is 5.57 Å². The molecule has 0 bridgehead atoms. The second-order valence-electron chi connectivity index (χ2n) is 4.81. The van der Waals surface area contributed by atoms with Gasteiger partial charge in [-0.15, -0.1) is 0 Å². The van der Waals surface area contributed by atoms with Crippen LogP contribution in [-0.4, -0.2) is 25.8 Å². The highest BCUT2D eigenvalue weighted by molar-refractivity contribution is 5.64. The van der Waals surface area contributed by atoms with Gasteiger partial charge in [0.1, 0.15) is 0 Å². The van der Waals surface area contributed by atoms with Crippen LogP contribution in [0.5, 0.6) is 0 Å². The van der Waals surface area contributed by atoms with Crippen molar-refractivity contribution in [1.29, 1.82) is 0 Å². The van der Waals surface area contributed by atoms with Gasteiger partial charge >= 0.3 is 0 Å². The molecule has 92 valence electrons. The zero-order valence-corrected chi connectivity index (χ0v) is 10.5. The molecule has 0 saturated heterocycles. The van der Waals surface area contributed by atoms with E-state index in [4.69, 9.17) is 4.74 Å². The van der Waals surface area contributed by atoms with Crippen LogP contribution in [0.3, 0.4) is 0 Å². The molecule has 2 rings (SSSR count). The Morgan fingerprint density at radius 3 is 2.59 bits per heavy atom. The molecule has 0 aromatic heterocycles. The summed E-state index contributed by atoms with van der Waals surface area (Å²) in [5, 5.41) is 3.45. The number of methoxy groups -OCH3 is 1. The van der Waals surface area contributed by atoms with Crippen LogP contribution in [0.4, 0.5) is 0 Å². The van der Waals surface area contributed by atoms with E-state index in [1.807, 2.05) is 25.3 Å². The summed E-state index contributed by atoms with van der Waals surface area (Å²) < 4.78 is 5.57. The topological polar surface area (TPSA) is 21.3 Å². The Balaban J connectivity index is 1.77. The molecule has 1 aliphatic carbocycles. The molecule has 0 radical (unpaired) electrons. The molecule has 0 spiro atoms. The Morgan fingerprint density at radius 1 is 1.35 bits per heavy atom. The maximum absolute atomic E-state index is 5.57. The summed E-state index contributed by atoms with van der Waals surface area (Å²) in [6.45, 7) is 5.87. The second-order valence-corrected chi connectivity index (χ2v) is 4.81. The lowest BCUT2D eigenvalue weighted by atomic mass is 9.80. The highest BCUT2D eigenvalue weighted by atomic mass is 16.5. The molecule has 0 aliphatic heterocycles. The minimum atomic E-state index is 0.0942. The maximum atomic E-state index is 5.57. The van der Waals surface area contributed by atoms with Crippen LogP contribution in [0, 0.1) is 0 Å². The summed E-state index contributed by atoms with van der Waals surface area (Å²) in [6, 6.07) is 10.3. The fourth-order valence-electron chi connectivity index (χ4n) is 2.24. The first-order valence-corrected chi connectivity index (χ1v) is 6.25. The Labute approximate surface area is 104 Å². The molecule has 17 heavy (non-hydrogen) atoms. The van der Waals surface area contributed by atoms with Gasteiger partial charge in [0.15, 0.2) is 0 Å². The zero-order chi connectivity index (χ0) is 12.1. The molecule has 1 aromatic rings. The van der Waals surface area contributed by atoms with Crippen LogP contribution in [0.25, 0.3) is 5.57 Å². The van der Waals surface area contributed by atoms with Gasteiger partial charge in [0.05, 0.1) is 5.60 Å². The van der Waals surface area contributed by atoms with Crippen LogP contribution in [0.2, 0.25) is 0 Å². The number of ether oxygens (including phenoxy) is 1. The molecular weight excluding hydrogens is 210 g/mol. The molecule has 2 heteroatoms. The second kappa shape index (κ2) is 5.48. The number of benzene rings is 1. The smallest absolute Gasteiger partial charge is 0.0802 e. The Morgan fingerprint density at radius 2 is 2.06 bits per heavy atom. The van der Waals surface area contributed by atoms with Gasteiger partial charge in [0, 0.05) is 20.2 Å². The van der Waals surface area contributed by atoms with E-state index < -0.39 is 0 Å². The molecule has 2 nitrogen and oxygen atoms in total. The molecule has 1 aliphatic rings. The predicted molar refractivity (Wildman–Crippen MR) is 71.9 cm³/mol. The van der Waals surface area contributed by atoms with E-state index in [1.54, 1.807) is 0 Å². The van der Waals surface area contributed by atoms with E-state index in [2.05, 4.69) is 24.0 Å². The number of rotatable bonds is 6. The number of hydrogen-bond acceptors (Lipinski definition) is 2. The Hall–Kier alpha value is -1.12. The van der Waals surface area contributed by atoms with Crippen molar-refractivity contribution in [2.24, 2.45) is 0 Å². The van der Waals surface area contributed by atoms with Crippen molar-refractivity contribution < 1.29 is 4.74 Å². The summed E-state index contributed by atoms with van der Waals surface area (Å²) in [6.07, 6.45) is 3.64. The minimum Gasteiger partial charge on any atom is -0.377 e. The third-order valence-corrected chi connectivity index (χ3v) is 3.67. The molecular formula is C15H21NO. The van der Waals surface area contributed by atoms with E-state index in [0.717, 1.165) is 18.7 Å². The molecule has 1 aromatic carbocycles. The van der Waals surface area contributed by atoms with Crippen molar-refractivity contribution in [2.75, 3.05) is 20.2 Å². The van der Waals surface area contributed by atoms with Crippen LogP contribution in [-0.2, 0) is 4.74 Å². The van der Waals surface area contributed by atoms with Crippen molar-refractivity contribution in [3.8, 4) is 0 Å². The molecule has 0 unspecified atom stereocenters. The SMILES string of the molecule is C=C(CNCC1(OC)CCC1)c1ccccc1. The lowest BCUT2D eigenvalue weighted by Gasteiger charge is -2.40. The number of hydrogen-bond donors (Lipinski definition) is 1. The fourth-order valence-corrected chi connectivity index (χ4v) is 2.24. The quantitative estimate of drug-likeness (QED) is 0.813. The normalized spacial score (nSPS) is 17.5. The average Bonchev–Trinajstić information content (AvgIpc) is 2.33. The zero-order valence-electron chi connectivity index (χ0n) is 10.5. The van der Waals surface area contributed by atoms with Gasteiger partial charge in [-0.2, -0.15) is 0 Å². The van der Waals surface area contributed by atoms with Crippen molar-refractivity contribution in [3.63, 3.8) is 0 Å². The summed E-state index contributed by atoms with van der Waals surface area (Å²) in [5.74, 6) is 0. The van der Waals surface area contributed by atoms with Gasteiger partial charge in [-0.3, -0.25) is 0 Å². The summed E-state index contributed by atoms with van der Waals surface area (Å²) in [7, 11) is 1.81. The molecule has 0 heterocycles. The fraction of sp³-hybridized carbons (Fsp3) is 0.467. The first kappa shape index (κ1) is 12.3.